The fourth-order valence-corrected chi connectivity index (χ4v) is 2.55. The lowest BCUT2D eigenvalue weighted by molar-refractivity contribution is -0.143. The SMILES string of the molecule is CNC(CCN1CCCC(C)C1C)C(=O)OC. The van der Waals surface area contributed by atoms with E-state index in [9.17, 15) is 4.79 Å². The maximum absolute atomic E-state index is 11.5. The van der Waals surface area contributed by atoms with Gasteiger partial charge in [0.1, 0.15) is 6.04 Å². The molecule has 1 aliphatic rings. The van der Waals surface area contributed by atoms with Gasteiger partial charge in [-0.15, -0.1) is 0 Å². The summed E-state index contributed by atoms with van der Waals surface area (Å²) in [5.41, 5.74) is 0. The Morgan fingerprint density at radius 1 is 1.53 bits per heavy atom. The Morgan fingerprint density at radius 2 is 2.24 bits per heavy atom. The van der Waals surface area contributed by atoms with Crippen LogP contribution in [0.15, 0.2) is 0 Å². The predicted octanol–water partition coefficient (Wildman–Crippen LogP) is 1.26. The Kier molecular flexibility index (Phi) is 5.92. The molecule has 1 rings (SSSR count). The molecule has 4 heteroatoms. The Morgan fingerprint density at radius 3 is 2.82 bits per heavy atom. The van der Waals surface area contributed by atoms with Crippen LogP contribution in [-0.2, 0) is 9.53 Å². The molecule has 0 amide bonds. The van der Waals surface area contributed by atoms with Crippen LogP contribution in [0.2, 0.25) is 0 Å². The molecular formula is C13H26N2O2. The van der Waals surface area contributed by atoms with Crippen molar-refractivity contribution in [3.8, 4) is 0 Å². The summed E-state index contributed by atoms with van der Waals surface area (Å²) in [6.07, 6.45) is 3.41. The molecule has 3 atom stereocenters. The van der Waals surface area contributed by atoms with Crippen LogP contribution in [0.1, 0.15) is 33.1 Å². The first kappa shape index (κ1) is 14.5. The van der Waals surface area contributed by atoms with Gasteiger partial charge < -0.3 is 15.0 Å². The molecule has 0 aromatic heterocycles. The maximum atomic E-state index is 11.5. The number of ether oxygens (including phenoxy) is 1. The smallest absolute Gasteiger partial charge is 0.322 e. The van der Waals surface area contributed by atoms with Crippen molar-refractivity contribution in [3.05, 3.63) is 0 Å². The van der Waals surface area contributed by atoms with Crippen molar-refractivity contribution in [2.75, 3.05) is 27.2 Å². The van der Waals surface area contributed by atoms with Crippen LogP contribution in [0.4, 0.5) is 0 Å². The highest BCUT2D eigenvalue weighted by Gasteiger charge is 2.26. The third kappa shape index (κ3) is 3.96. The van der Waals surface area contributed by atoms with Crippen molar-refractivity contribution in [2.24, 2.45) is 5.92 Å². The number of esters is 1. The van der Waals surface area contributed by atoms with E-state index < -0.39 is 0 Å². The summed E-state index contributed by atoms with van der Waals surface area (Å²) >= 11 is 0. The van der Waals surface area contributed by atoms with E-state index in [1.807, 2.05) is 7.05 Å². The zero-order valence-electron chi connectivity index (χ0n) is 11.5. The number of likely N-dealkylation sites (tertiary alicyclic amines) is 1. The normalized spacial score (nSPS) is 27.8. The fourth-order valence-electron chi connectivity index (χ4n) is 2.55. The average Bonchev–Trinajstić information content (AvgIpc) is 2.34. The lowest BCUT2D eigenvalue weighted by Crippen LogP contribution is -2.45. The molecule has 0 bridgehead atoms. The number of hydrogen-bond donors (Lipinski definition) is 1. The van der Waals surface area contributed by atoms with Gasteiger partial charge in [0.2, 0.25) is 0 Å². The average molecular weight is 242 g/mol. The summed E-state index contributed by atoms with van der Waals surface area (Å²) in [5.74, 6) is 0.597. The van der Waals surface area contributed by atoms with Gasteiger partial charge in [0, 0.05) is 12.6 Å². The van der Waals surface area contributed by atoms with Crippen molar-refractivity contribution < 1.29 is 9.53 Å². The highest BCUT2D eigenvalue weighted by atomic mass is 16.5. The molecule has 0 saturated carbocycles. The lowest BCUT2D eigenvalue weighted by atomic mass is 9.92. The number of hydrogen-bond acceptors (Lipinski definition) is 4. The van der Waals surface area contributed by atoms with Gasteiger partial charge in [-0.25, -0.2) is 0 Å². The molecule has 4 nitrogen and oxygen atoms in total. The number of piperidine rings is 1. The minimum atomic E-state index is -0.176. The molecule has 0 spiro atoms. The first-order chi connectivity index (χ1) is 8.10. The molecule has 1 heterocycles. The van der Waals surface area contributed by atoms with E-state index in [0.717, 1.165) is 25.4 Å². The van der Waals surface area contributed by atoms with E-state index >= 15 is 0 Å². The summed E-state index contributed by atoms with van der Waals surface area (Å²) in [4.78, 5) is 13.9. The van der Waals surface area contributed by atoms with Crippen LogP contribution < -0.4 is 5.32 Å². The van der Waals surface area contributed by atoms with Gasteiger partial charge in [-0.1, -0.05) is 6.92 Å². The topological polar surface area (TPSA) is 41.6 Å². The van der Waals surface area contributed by atoms with Crippen LogP contribution in [0.5, 0.6) is 0 Å². The highest BCUT2D eigenvalue weighted by molar-refractivity contribution is 5.75. The van der Waals surface area contributed by atoms with Crippen molar-refractivity contribution in [1.82, 2.24) is 10.2 Å². The molecule has 3 unspecified atom stereocenters. The van der Waals surface area contributed by atoms with E-state index in [2.05, 4.69) is 24.1 Å². The molecule has 0 aliphatic carbocycles. The quantitative estimate of drug-likeness (QED) is 0.737. The molecule has 1 fully saturated rings. The van der Waals surface area contributed by atoms with Gasteiger partial charge in [-0.05, 0) is 45.7 Å². The van der Waals surface area contributed by atoms with Gasteiger partial charge in [0.25, 0.3) is 0 Å². The lowest BCUT2D eigenvalue weighted by Gasteiger charge is -2.38. The number of nitrogens with zero attached hydrogens (tertiary/aromatic N) is 1. The Balaban J connectivity index is 2.40. The summed E-state index contributed by atoms with van der Waals surface area (Å²) in [5, 5.41) is 3.02. The molecular weight excluding hydrogens is 216 g/mol. The number of carbonyl (C=O) groups excluding carboxylic acids is 1. The minimum Gasteiger partial charge on any atom is -0.468 e. The number of methoxy groups -OCH3 is 1. The second kappa shape index (κ2) is 6.97. The predicted molar refractivity (Wildman–Crippen MR) is 68.9 cm³/mol. The molecule has 1 saturated heterocycles. The second-order valence-electron chi connectivity index (χ2n) is 5.05. The summed E-state index contributed by atoms with van der Waals surface area (Å²) < 4.78 is 4.77. The third-order valence-corrected chi connectivity index (χ3v) is 4.04. The monoisotopic (exact) mass is 242 g/mol. The molecule has 17 heavy (non-hydrogen) atoms. The van der Waals surface area contributed by atoms with Gasteiger partial charge >= 0.3 is 5.97 Å². The van der Waals surface area contributed by atoms with E-state index in [1.165, 1.54) is 20.0 Å². The Hall–Kier alpha value is -0.610. The van der Waals surface area contributed by atoms with E-state index in [-0.39, 0.29) is 12.0 Å². The van der Waals surface area contributed by atoms with E-state index in [0.29, 0.717) is 6.04 Å². The van der Waals surface area contributed by atoms with Gasteiger partial charge in [0.15, 0.2) is 0 Å². The minimum absolute atomic E-state index is 0.162. The molecule has 0 radical (unpaired) electrons. The maximum Gasteiger partial charge on any atom is 0.322 e. The van der Waals surface area contributed by atoms with Gasteiger partial charge in [0.05, 0.1) is 7.11 Å². The standard InChI is InChI=1S/C13H26N2O2/c1-10-6-5-8-15(11(10)2)9-7-12(14-3)13(16)17-4/h10-12,14H,5-9H2,1-4H3. The number of rotatable bonds is 5. The van der Waals surface area contributed by atoms with Crippen molar-refractivity contribution in [3.63, 3.8) is 0 Å². The Labute approximate surface area is 105 Å². The van der Waals surface area contributed by atoms with E-state index in [4.69, 9.17) is 4.74 Å². The molecule has 0 aromatic rings. The van der Waals surface area contributed by atoms with Crippen LogP contribution in [0.3, 0.4) is 0 Å². The zero-order valence-corrected chi connectivity index (χ0v) is 11.5. The molecule has 1 aliphatic heterocycles. The van der Waals surface area contributed by atoms with Crippen molar-refractivity contribution in [1.29, 1.82) is 0 Å². The summed E-state index contributed by atoms with van der Waals surface area (Å²) in [6.45, 7) is 6.72. The summed E-state index contributed by atoms with van der Waals surface area (Å²) in [7, 11) is 3.25. The highest BCUT2D eigenvalue weighted by Crippen LogP contribution is 2.22. The van der Waals surface area contributed by atoms with Crippen LogP contribution >= 0.6 is 0 Å². The third-order valence-electron chi connectivity index (χ3n) is 4.04. The van der Waals surface area contributed by atoms with Crippen molar-refractivity contribution in [2.45, 2.75) is 45.2 Å². The van der Waals surface area contributed by atoms with E-state index in [1.54, 1.807) is 0 Å². The second-order valence-corrected chi connectivity index (χ2v) is 5.05. The number of nitrogens with one attached hydrogen (secondary N) is 1. The number of likely N-dealkylation sites (N-methyl/N-ethyl adjacent to an activating group) is 1. The first-order valence-electron chi connectivity index (χ1n) is 6.59. The fraction of sp³-hybridized carbons (Fsp3) is 0.923. The summed E-state index contributed by atoms with van der Waals surface area (Å²) in [6, 6.07) is 0.448. The molecule has 0 aromatic carbocycles. The van der Waals surface area contributed by atoms with Crippen LogP contribution in [0, 0.1) is 5.92 Å². The van der Waals surface area contributed by atoms with Gasteiger partial charge in [-0.3, -0.25) is 4.79 Å². The number of carbonyl (C=O) groups is 1. The van der Waals surface area contributed by atoms with Gasteiger partial charge in [-0.2, -0.15) is 0 Å². The largest absolute Gasteiger partial charge is 0.468 e. The zero-order chi connectivity index (χ0) is 12.8. The van der Waals surface area contributed by atoms with Crippen LogP contribution in [-0.4, -0.2) is 50.2 Å². The Bertz CT molecular complexity index is 246. The van der Waals surface area contributed by atoms with Crippen molar-refractivity contribution >= 4 is 5.97 Å². The molecule has 100 valence electrons. The molecule has 1 N–H and O–H groups in total. The first-order valence-corrected chi connectivity index (χ1v) is 6.59. The van der Waals surface area contributed by atoms with Crippen LogP contribution in [0.25, 0.3) is 0 Å².